The first-order valence-corrected chi connectivity index (χ1v) is 10.9. The van der Waals surface area contributed by atoms with Crippen molar-refractivity contribution in [1.29, 1.82) is 0 Å². The van der Waals surface area contributed by atoms with Gasteiger partial charge in [0.2, 0.25) is 0 Å². The lowest BCUT2D eigenvalue weighted by atomic mass is 9.78. The molecule has 2 fully saturated rings. The van der Waals surface area contributed by atoms with E-state index in [1.807, 2.05) is 24.3 Å². The van der Waals surface area contributed by atoms with Crippen molar-refractivity contribution < 1.29 is 29.2 Å². The van der Waals surface area contributed by atoms with Crippen molar-refractivity contribution in [1.82, 2.24) is 0 Å². The molecule has 6 heteroatoms. The number of benzene rings is 2. The molecule has 0 spiro atoms. The van der Waals surface area contributed by atoms with E-state index in [4.69, 9.17) is 29.2 Å². The number of hydrogen-bond donors (Lipinski definition) is 2. The maximum absolute atomic E-state index is 8.09. The second-order valence-electron chi connectivity index (χ2n) is 8.36. The van der Waals surface area contributed by atoms with E-state index in [0.717, 1.165) is 37.6 Å². The third-order valence-corrected chi connectivity index (χ3v) is 5.39. The van der Waals surface area contributed by atoms with Gasteiger partial charge in [-0.1, -0.05) is 38.1 Å². The molecule has 2 aliphatic rings. The van der Waals surface area contributed by atoms with Crippen LogP contribution in [0.1, 0.15) is 37.8 Å². The summed E-state index contributed by atoms with van der Waals surface area (Å²) in [4.78, 5) is 0. The van der Waals surface area contributed by atoms with Crippen molar-refractivity contribution in [3.8, 4) is 11.5 Å². The van der Waals surface area contributed by atoms with Gasteiger partial charge < -0.3 is 29.2 Å². The molecule has 2 unspecified atom stereocenters. The molecular formula is C25H34O6. The minimum Gasteiger partial charge on any atom is -0.491 e. The molecule has 170 valence electrons. The Kier molecular flexibility index (Phi) is 8.72. The first kappa shape index (κ1) is 23.5. The van der Waals surface area contributed by atoms with Gasteiger partial charge in [-0.05, 0) is 48.2 Å². The van der Waals surface area contributed by atoms with Gasteiger partial charge in [-0.25, -0.2) is 0 Å². The van der Waals surface area contributed by atoms with Gasteiger partial charge in [-0.2, -0.15) is 0 Å². The smallest absolute Gasteiger partial charge is 0.119 e. The lowest BCUT2D eigenvalue weighted by Gasteiger charge is -2.26. The van der Waals surface area contributed by atoms with Gasteiger partial charge in [0, 0.05) is 18.6 Å². The van der Waals surface area contributed by atoms with E-state index in [1.54, 1.807) is 0 Å². The van der Waals surface area contributed by atoms with E-state index in [1.165, 1.54) is 11.1 Å². The number of hydrogen-bond acceptors (Lipinski definition) is 6. The average Bonchev–Trinajstić information content (AvgIpc) is 3.71. The van der Waals surface area contributed by atoms with Crippen molar-refractivity contribution in [3.05, 3.63) is 59.7 Å². The summed E-state index contributed by atoms with van der Waals surface area (Å²) in [6, 6.07) is 16.7. The SMILES string of the molecule is CC(C)(c1ccc(OCC2CO2)cc1)c1ccc(OCC2CO2)cc1.OCCCCO. The third-order valence-electron chi connectivity index (χ3n) is 5.39. The summed E-state index contributed by atoms with van der Waals surface area (Å²) in [6.45, 7) is 7.76. The predicted molar refractivity (Wildman–Crippen MR) is 119 cm³/mol. The number of aliphatic hydroxyl groups is 2. The van der Waals surface area contributed by atoms with E-state index in [2.05, 4.69) is 38.1 Å². The summed E-state index contributed by atoms with van der Waals surface area (Å²) in [5, 5.41) is 16.2. The fourth-order valence-corrected chi connectivity index (χ4v) is 3.03. The molecule has 2 aromatic rings. The Labute approximate surface area is 184 Å². The van der Waals surface area contributed by atoms with Crippen molar-refractivity contribution in [2.24, 2.45) is 0 Å². The first-order valence-electron chi connectivity index (χ1n) is 10.9. The van der Waals surface area contributed by atoms with Crippen LogP contribution in [0.2, 0.25) is 0 Å². The number of aliphatic hydroxyl groups excluding tert-OH is 2. The van der Waals surface area contributed by atoms with Gasteiger partial charge in [0.25, 0.3) is 0 Å². The Hall–Kier alpha value is -2.12. The minimum absolute atomic E-state index is 0.0870. The van der Waals surface area contributed by atoms with Crippen LogP contribution in [0.15, 0.2) is 48.5 Å². The predicted octanol–water partition coefficient (Wildman–Crippen LogP) is 3.32. The topological polar surface area (TPSA) is 84.0 Å². The van der Waals surface area contributed by atoms with Gasteiger partial charge >= 0.3 is 0 Å². The van der Waals surface area contributed by atoms with E-state index >= 15 is 0 Å². The van der Waals surface area contributed by atoms with Crippen LogP contribution in [0.4, 0.5) is 0 Å². The largest absolute Gasteiger partial charge is 0.491 e. The van der Waals surface area contributed by atoms with E-state index in [9.17, 15) is 0 Å². The molecule has 0 aromatic heterocycles. The minimum atomic E-state index is -0.0870. The highest BCUT2D eigenvalue weighted by molar-refractivity contribution is 5.41. The van der Waals surface area contributed by atoms with Gasteiger partial charge in [-0.15, -0.1) is 0 Å². The molecular weight excluding hydrogens is 396 g/mol. The van der Waals surface area contributed by atoms with Gasteiger partial charge in [0.05, 0.1) is 13.2 Å². The molecule has 0 bridgehead atoms. The number of ether oxygens (including phenoxy) is 4. The molecule has 2 aromatic carbocycles. The van der Waals surface area contributed by atoms with Gasteiger partial charge in [0.15, 0.2) is 0 Å². The fourth-order valence-electron chi connectivity index (χ4n) is 3.03. The summed E-state index contributed by atoms with van der Waals surface area (Å²) in [5.41, 5.74) is 2.42. The number of rotatable bonds is 11. The summed E-state index contributed by atoms with van der Waals surface area (Å²) in [7, 11) is 0. The first-order chi connectivity index (χ1) is 15.0. The zero-order valence-corrected chi connectivity index (χ0v) is 18.5. The van der Waals surface area contributed by atoms with Crippen molar-refractivity contribution in [2.45, 2.75) is 44.3 Å². The molecule has 2 saturated heterocycles. The fraction of sp³-hybridized carbons (Fsp3) is 0.520. The normalized spacial score (nSPS) is 19.2. The molecule has 2 heterocycles. The lowest BCUT2D eigenvalue weighted by Crippen LogP contribution is -2.18. The Morgan fingerprint density at radius 3 is 1.39 bits per heavy atom. The molecule has 31 heavy (non-hydrogen) atoms. The Balaban J connectivity index is 0.000000401. The van der Waals surface area contributed by atoms with Crippen LogP contribution in [0.3, 0.4) is 0 Å². The van der Waals surface area contributed by atoms with Crippen molar-refractivity contribution in [2.75, 3.05) is 39.6 Å². The van der Waals surface area contributed by atoms with E-state index < -0.39 is 0 Å². The van der Waals surface area contributed by atoms with Crippen LogP contribution in [0.25, 0.3) is 0 Å². The Morgan fingerprint density at radius 2 is 1.10 bits per heavy atom. The summed E-state index contributed by atoms with van der Waals surface area (Å²) in [5.74, 6) is 1.78. The van der Waals surface area contributed by atoms with Crippen LogP contribution in [-0.2, 0) is 14.9 Å². The van der Waals surface area contributed by atoms with Crippen molar-refractivity contribution in [3.63, 3.8) is 0 Å². The Bertz CT molecular complexity index is 698. The standard InChI is InChI=1S/C21H24O4.C4H10O2/c1-21(2,15-3-7-17(8-4-15)22-11-19-13-24-19)16-5-9-18(10-6-16)23-12-20-14-25-20;5-3-1-2-4-6/h3-10,19-20H,11-14H2,1-2H3;5-6H,1-4H2. The second kappa shape index (κ2) is 11.5. The second-order valence-corrected chi connectivity index (χ2v) is 8.36. The van der Waals surface area contributed by atoms with Crippen LogP contribution in [-0.4, -0.2) is 62.1 Å². The van der Waals surface area contributed by atoms with Crippen LogP contribution < -0.4 is 9.47 Å². The van der Waals surface area contributed by atoms with Crippen LogP contribution in [0, 0.1) is 0 Å². The Morgan fingerprint density at radius 1 is 0.742 bits per heavy atom. The molecule has 0 amide bonds. The summed E-state index contributed by atoms with van der Waals surface area (Å²) >= 11 is 0. The van der Waals surface area contributed by atoms with Crippen molar-refractivity contribution >= 4 is 0 Å². The molecule has 0 saturated carbocycles. The number of epoxide rings is 2. The monoisotopic (exact) mass is 430 g/mol. The lowest BCUT2D eigenvalue weighted by molar-refractivity contribution is 0.242. The zero-order chi connectivity index (χ0) is 22.1. The average molecular weight is 431 g/mol. The van der Waals surface area contributed by atoms with Gasteiger partial charge in [-0.3, -0.25) is 0 Å². The molecule has 4 rings (SSSR count). The quantitative estimate of drug-likeness (QED) is 0.420. The molecule has 2 atom stereocenters. The summed E-state index contributed by atoms with van der Waals surface area (Å²) < 4.78 is 21.8. The van der Waals surface area contributed by atoms with Crippen LogP contribution in [0.5, 0.6) is 11.5 Å². The maximum atomic E-state index is 8.09. The highest BCUT2D eigenvalue weighted by Crippen LogP contribution is 2.33. The highest BCUT2D eigenvalue weighted by Gasteiger charge is 2.25. The molecule has 2 aliphatic heterocycles. The number of unbranched alkanes of at least 4 members (excludes halogenated alkanes) is 1. The summed E-state index contributed by atoms with van der Waals surface area (Å²) in [6.07, 6.45) is 2.00. The molecule has 0 radical (unpaired) electrons. The van der Waals surface area contributed by atoms with Gasteiger partial charge in [0.1, 0.15) is 36.9 Å². The van der Waals surface area contributed by atoms with E-state index in [-0.39, 0.29) is 30.8 Å². The maximum Gasteiger partial charge on any atom is 0.119 e. The molecule has 6 nitrogen and oxygen atoms in total. The molecule has 2 N–H and O–H groups in total. The van der Waals surface area contributed by atoms with Crippen LogP contribution >= 0.6 is 0 Å². The zero-order valence-electron chi connectivity index (χ0n) is 18.5. The third kappa shape index (κ3) is 7.82. The van der Waals surface area contributed by atoms with E-state index in [0.29, 0.717) is 13.2 Å². The highest BCUT2D eigenvalue weighted by atomic mass is 16.6. The molecule has 0 aliphatic carbocycles.